The van der Waals surface area contributed by atoms with E-state index in [1.807, 2.05) is 48.5 Å². The van der Waals surface area contributed by atoms with Crippen LogP contribution in [0.1, 0.15) is 5.56 Å². The van der Waals surface area contributed by atoms with Gasteiger partial charge in [-0.1, -0.05) is 54.6 Å². The standard InChI is InChI=1S/C22H20N4O/c27-20-13-7-6-12-19(20)25-22-24-18-11-5-4-10-17(18)21(26-22)23-15-14-16-8-2-1-3-9-16/h1-13,27H,14-15H2,(H2,23,24,25,26). The lowest BCUT2D eigenvalue weighted by molar-refractivity contribution is 0.477. The molecule has 0 saturated heterocycles. The van der Waals surface area contributed by atoms with Gasteiger partial charge in [0.25, 0.3) is 0 Å². The van der Waals surface area contributed by atoms with Crippen LogP contribution in [0.2, 0.25) is 0 Å². The SMILES string of the molecule is Oc1ccccc1Nc1nc(NCCc2ccccc2)c2ccccc2n1. The first-order valence-electron chi connectivity index (χ1n) is 8.89. The van der Waals surface area contributed by atoms with Crippen LogP contribution in [-0.4, -0.2) is 21.6 Å². The Hall–Kier alpha value is -3.60. The molecule has 3 aromatic carbocycles. The molecule has 0 bridgehead atoms. The van der Waals surface area contributed by atoms with E-state index in [0.717, 1.165) is 29.7 Å². The summed E-state index contributed by atoms with van der Waals surface area (Å²) >= 11 is 0. The summed E-state index contributed by atoms with van der Waals surface area (Å²) in [6.45, 7) is 0.765. The van der Waals surface area contributed by atoms with Gasteiger partial charge in [-0.25, -0.2) is 4.98 Å². The number of hydrogen-bond donors (Lipinski definition) is 3. The molecule has 0 aliphatic rings. The largest absolute Gasteiger partial charge is 0.506 e. The van der Waals surface area contributed by atoms with Gasteiger partial charge in [0, 0.05) is 11.9 Å². The molecule has 0 spiro atoms. The summed E-state index contributed by atoms with van der Waals surface area (Å²) in [6, 6.07) is 25.3. The Kier molecular flexibility index (Phi) is 4.83. The molecule has 0 aliphatic heterocycles. The maximum absolute atomic E-state index is 9.99. The molecule has 4 aromatic rings. The van der Waals surface area contributed by atoms with Gasteiger partial charge in [-0.3, -0.25) is 0 Å². The first kappa shape index (κ1) is 16.8. The van der Waals surface area contributed by atoms with Crippen molar-refractivity contribution in [2.45, 2.75) is 6.42 Å². The van der Waals surface area contributed by atoms with E-state index in [1.54, 1.807) is 18.2 Å². The van der Waals surface area contributed by atoms with Crippen LogP contribution in [0.15, 0.2) is 78.9 Å². The second kappa shape index (κ2) is 7.74. The van der Waals surface area contributed by atoms with Crippen molar-refractivity contribution in [1.82, 2.24) is 9.97 Å². The second-order valence-corrected chi connectivity index (χ2v) is 6.22. The minimum atomic E-state index is 0.160. The molecule has 27 heavy (non-hydrogen) atoms. The molecule has 1 aromatic heterocycles. The topological polar surface area (TPSA) is 70.1 Å². The first-order valence-corrected chi connectivity index (χ1v) is 8.89. The van der Waals surface area contributed by atoms with Crippen LogP contribution in [0.3, 0.4) is 0 Å². The summed E-state index contributed by atoms with van der Waals surface area (Å²) in [5, 5.41) is 17.5. The summed E-state index contributed by atoms with van der Waals surface area (Å²) in [5.41, 5.74) is 2.69. The van der Waals surface area contributed by atoms with Crippen LogP contribution in [-0.2, 0) is 6.42 Å². The highest BCUT2D eigenvalue weighted by Gasteiger charge is 2.09. The van der Waals surface area contributed by atoms with Gasteiger partial charge < -0.3 is 15.7 Å². The van der Waals surface area contributed by atoms with E-state index in [1.165, 1.54) is 5.56 Å². The van der Waals surface area contributed by atoms with Gasteiger partial charge in [0.05, 0.1) is 11.2 Å². The second-order valence-electron chi connectivity index (χ2n) is 6.22. The molecule has 4 rings (SSSR count). The predicted molar refractivity (Wildman–Crippen MR) is 110 cm³/mol. The number of anilines is 3. The van der Waals surface area contributed by atoms with E-state index in [4.69, 9.17) is 0 Å². The fourth-order valence-corrected chi connectivity index (χ4v) is 2.94. The van der Waals surface area contributed by atoms with E-state index in [-0.39, 0.29) is 5.75 Å². The Morgan fingerprint density at radius 3 is 2.37 bits per heavy atom. The normalized spacial score (nSPS) is 10.7. The summed E-state index contributed by atoms with van der Waals surface area (Å²) in [6.07, 6.45) is 0.904. The van der Waals surface area contributed by atoms with E-state index in [2.05, 4.69) is 32.7 Å². The Balaban J connectivity index is 1.59. The number of para-hydroxylation sites is 3. The lowest BCUT2D eigenvalue weighted by atomic mass is 10.1. The molecular formula is C22H20N4O. The lowest BCUT2D eigenvalue weighted by Crippen LogP contribution is -2.09. The van der Waals surface area contributed by atoms with Crippen molar-refractivity contribution in [3.05, 3.63) is 84.4 Å². The third-order valence-corrected chi connectivity index (χ3v) is 4.30. The van der Waals surface area contributed by atoms with Crippen LogP contribution in [0.4, 0.5) is 17.5 Å². The van der Waals surface area contributed by atoms with Gasteiger partial charge in [-0.2, -0.15) is 4.98 Å². The van der Waals surface area contributed by atoms with Crippen molar-refractivity contribution in [2.24, 2.45) is 0 Å². The lowest BCUT2D eigenvalue weighted by Gasteiger charge is -2.12. The number of nitrogens with zero attached hydrogens (tertiary/aromatic N) is 2. The zero-order valence-electron chi connectivity index (χ0n) is 14.8. The monoisotopic (exact) mass is 356 g/mol. The number of phenolic OH excluding ortho intramolecular Hbond substituents is 1. The van der Waals surface area contributed by atoms with Crippen LogP contribution in [0, 0.1) is 0 Å². The average Bonchev–Trinajstić information content (AvgIpc) is 2.70. The molecule has 3 N–H and O–H groups in total. The van der Waals surface area contributed by atoms with Gasteiger partial charge in [0.15, 0.2) is 0 Å². The zero-order valence-corrected chi connectivity index (χ0v) is 14.8. The maximum atomic E-state index is 9.99. The van der Waals surface area contributed by atoms with Crippen molar-refractivity contribution in [3.63, 3.8) is 0 Å². The molecule has 0 radical (unpaired) electrons. The average molecular weight is 356 g/mol. The molecule has 1 heterocycles. The molecule has 0 amide bonds. The molecule has 0 fully saturated rings. The highest BCUT2D eigenvalue weighted by Crippen LogP contribution is 2.27. The van der Waals surface area contributed by atoms with Gasteiger partial charge in [-0.05, 0) is 36.2 Å². The van der Waals surface area contributed by atoms with Crippen molar-refractivity contribution in [1.29, 1.82) is 0 Å². The Morgan fingerprint density at radius 2 is 1.52 bits per heavy atom. The van der Waals surface area contributed by atoms with Crippen LogP contribution < -0.4 is 10.6 Å². The molecule has 134 valence electrons. The Bertz CT molecular complexity index is 1050. The number of nitrogens with one attached hydrogen (secondary N) is 2. The van der Waals surface area contributed by atoms with E-state index in [0.29, 0.717) is 11.6 Å². The fourth-order valence-electron chi connectivity index (χ4n) is 2.94. The predicted octanol–water partition coefficient (Wildman–Crippen LogP) is 4.73. The smallest absolute Gasteiger partial charge is 0.229 e. The summed E-state index contributed by atoms with van der Waals surface area (Å²) in [5.74, 6) is 1.37. The van der Waals surface area contributed by atoms with E-state index < -0.39 is 0 Å². The minimum absolute atomic E-state index is 0.160. The minimum Gasteiger partial charge on any atom is -0.506 e. The van der Waals surface area contributed by atoms with E-state index >= 15 is 0 Å². The summed E-state index contributed by atoms with van der Waals surface area (Å²) in [7, 11) is 0. The number of aromatic nitrogens is 2. The number of phenols is 1. The molecular weight excluding hydrogens is 336 g/mol. The number of benzene rings is 3. The molecule has 0 saturated carbocycles. The highest BCUT2D eigenvalue weighted by atomic mass is 16.3. The van der Waals surface area contributed by atoms with Crippen molar-refractivity contribution in [2.75, 3.05) is 17.2 Å². The number of rotatable bonds is 6. The Morgan fingerprint density at radius 1 is 0.778 bits per heavy atom. The molecule has 5 nitrogen and oxygen atoms in total. The number of aromatic hydroxyl groups is 1. The first-order chi connectivity index (χ1) is 13.3. The van der Waals surface area contributed by atoms with Crippen LogP contribution in [0.25, 0.3) is 10.9 Å². The fraction of sp³-hybridized carbons (Fsp3) is 0.0909. The van der Waals surface area contributed by atoms with Crippen molar-refractivity contribution >= 4 is 28.4 Å². The highest BCUT2D eigenvalue weighted by molar-refractivity contribution is 5.90. The summed E-state index contributed by atoms with van der Waals surface area (Å²) in [4.78, 5) is 9.19. The quantitative estimate of drug-likeness (QED) is 0.436. The third kappa shape index (κ3) is 3.98. The molecule has 5 heteroatoms. The van der Waals surface area contributed by atoms with Crippen LogP contribution in [0.5, 0.6) is 5.75 Å². The maximum Gasteiger partial charge on any atom is 0.229 e. The molecule has 0 unspecified atom stereocenters. The number of fused-ring (bicyclic) bond motifs is 1. The van der Waals surface area contributed by atoms with E-state index in [9.17, 15) is 5.11 Å². The van der Waals surface area contributed by atoms with Crippen molar-refractivity contribution < 1.29 is 5.11 Å². The molecule has 0 atom stereocenters. The summed E-state index contributed by atoms with van der Waals surface area (Å²) < 4.78 is 0. The number of hydrogen-bond acceptors (Lipinski definition) is 5. The van der Waals surface area contributed by atoms with Gasteiger partial charge in [0.1, 0.15) is 11.6 Å². The van der Waals surface area contributed by atoms with Crippen LogP contribution >= 0.6 is 0 Å². The van der Waals surface area contributed by atoms with Gasteiger partial charge >= 0.3 is 0 Å². The molecule has 0 aliphatic carbocycles. The third-order valence-electron chi connectivity index (χ3n) is 4.30. The van der Waals surface area contributed by atoms with Gasteiger partial charge in [0.2, 0.25) is 5.95 Å². The van der Waals surface area contributed by atoms with Crippen molar-refractivity contribution in [3.8, 4) is 5.75 Å². The zero-order chi connectivity index (χ0) is 18.5. The van der Waals surface area contributed by atoms with Gasteiger partial charge in [-0.15, -0.1) is 0 Å². The Labute approximate surface area is 157 Å².